The molecule has 2 rings (SSSR count). The second kappa shape index (κ2) is 5.49. The second-order valence-electron chi connectivity index (χ2n) is 3.24. The van der Waals surface area contributed by atoms with Gasteiger partial charge in [-0.25, -0.2) is 15.4 Å². The van der Waals surface area contributed by atoms with Crippen LogP contribution in [0.5, 0.6) is 0 Å². The summed E-state index contributed by atoms with van der Waals surface area (Å²) in [6.45, 7) is 0. The van der Waals surface area contributed by atoms with E-state index in [-0.39, 0.29) is 6.04 Å². The fourth-order valence-electron chi connectivity index (χ4n) is 1.38. The van der Waals surface area contributed by atoms with Gasteiger partial charge in [0.2, 0.25) is 0 Å². The van der Waals surface area contributed by atoms with Crippen molar-refractivity contribution in [1.82, 2.24) is 15.4 Å². The number of aromatic nitrogens is 2. The Labute approximate surface area is 106 Å². The summed E-state index contributed by atoms with van der Waals surface area (Å²) < 4.78 is 1.12. The van der Waals surface area contributed by atoms with E-state index in [0.717, 1.165) is 16.0 Å². The molecule has 0 spiro atoms. The van der Waals surface area contributed by atoms with E-state index in [1.807, 2.05) is 6.07 Å². The Morgan fingerprint density at radius 1 is 1.38 bits per heavy atom. The Morgan fingerprint density at radius 2 is 2.12 bits per heavy atom. The summed E-state index contributed by atoms with van der Waals surface area (Å²) in [6.07, 6.45) is 4.23. The average molecular weight is 299 g/mol. The van der Waals surface area contributed by atoms with E-state index >= 15 is 0 Å². The molecule has 0 bridgehead atoms. The van der Waals surface area contributed by atoms with Crippen molar-refractivity contribution in [3.63, 3.8) is 0 Å². The first-order valence-electron chi connectivity index (χ1n) is 4.77. The summed E-state index contributed by atoms with van der Waals surface area (Å²) in [5.41, 5.74) is 2.74. The van der Waals surface area contributed by atoms with Gasteiger partial charge in [0.05, 0.1) is 9.83 Å². The molecule has 3 N–H and O–H groups in total. The van der Waals surface area contributed by atoms with Crippen LogP contribution < -0.4 is 11.3 Å². The van der Waals surface area contributed by atoms with Crippen molar-refractivity contribution >= 4 is 27.3 Å². The van der Waals surface area contributed by atoms with Gasteiger partial charge >= 0.3 is 0 Å². The molecule has 1 unspecified atom stereocenters. The minimum absolute atomic E-state index is 0.0493. The van der Waals surface area contributed by atoms with Crippen LogP contribution in [0.1, 0.15) is 16.7 Å². The highest BCUT2D eigenvalue weighted by atomic mass is 79.9. The zero-order valence-corrected chi connectivity index (χ0v) is 10.8. The van der Waals surface area contributed by atoms with Crippen molar-refractivity contribution < 1.29 is 0 Å². The molecule has 16 heavy (non-hydrogen) atoms. The fourth-order valence-corrected chi connectivity index (χ4v) is 2.91. The second-order valence-corrected chi connectivity index (χ2v) is 5.78. The largest absolute Gasteiger partial charge is 0.271 e. The number of rotatable bonds is 4. The van der Waals surface area contributed by atoms with E-state index in [2.05, 4.69) is 37.4 Å². The standard InChI is InChI=1S/C10H11BrN4S/c11-9-3-2-7(16-9)6-8(15-12)10-13-4-1-5-14-10/h1-5,8,15H,6,12H2. The fraction of sp³-hybridized carbons (Fsp3) is 0.200. The quantitative estimate of drug-likeness (QED) is 0.670. The average Bonchev–Trinajstić information content (AvgIpc) is 2.73. The summed E-state index contributed by atoms with van der Waals surface area (Å²) >= 11 is 5.13. The molecule has 0 fully saturated rings. The van der Waals surface area contributed by atoms with Crippen LogP contribution in [0, 0.1) is 0 Å². The topological polar surface area (TPSA) is 63.8 Å². The van der Waals surface area contributed by atoms with Crippen molar-refractivity contribution in [2.24, 2.45) is 5.84 Å². The molecule has 2 aromatic heterocycles. The van der Waals surface area contributed by atoms with Gasteiger partial charge in [0.25, 0.3) is 0 Å². The number of nitrogens with two attached hydrogens (primary N) is 1. The van der Waals surface area contributed by atoms with E-state index in [1.54, 1.807) is 29.8 Å². The number of hydrazine groups is 1. The Morgan fingerprint density at radius 3 is 2.69 bits per heavy atom. The molecule has 6 heteroatoms. The predicted molar refractivity (Wildman–Crippen MR) is 67.8 cm³/mol. The lowest BCUT2D eigenvalue weighted by atomic mass is 10.2. The molecular weight excluding hydrogens is 288 g/mol. The minimum Gasteiger partial charge on any atom is -0.271 e. The van der Waals surface area contributed by atoms with Gasteiger partial charge in [-0.05, 0) is 34.1 Å². The van der Waals surface area contributed by atoms with Gasteiger partial charge in [0, 0.05) is 23.7 Å². The van der Waals surface area contributed by atoms with E-state index in [1.165, 1.54) is 4.88 Å². The lowest BCUT2D eigenvalue weighted by Gasteiger charge is -2.12. The Bertz CT molecular complexity index is 445. The SMILES string of the molecule is NNC(Cc1ccc(Br)s1)c1ncccn1. The van der Waals surface area contributed by atoms with Crippen LogP contribution in [0.25, 0.3) is 0 Å². The van der Waals surface area contributed by atoms with E-state index in [9.17, 15) is 0 Å². The van der Waals surface area contributed by atoms with Crippen molar-refractivity contribution in [2.75, 3.05) is 0 Å². The smallest absolute Gasteiger partial charge is 0.146 e. The lowest BCUT2D eigenvalue weighted by Crippen LogP contribution is -2.30. The van der Waals surface area contributed by atoms with Gasteiger partial charge < -0.3 is 0 Å². The highest BCUT2D eigenvalue weighted by molar-refractivity contribution is 9.11. The van der Waals surface area contributed by atoms with Crippen molar-refractivity contribution in [2.45, 2.75) is 12.5 Å². The van der Waals surface area contributed by atoms with Crippen LogP contribution in [0.3, 0.4) is 0 Å². The number of hydrogen-bond donors (Lipinski definition) is 2. The van der Waals surface area contributed by atoms with E-state index < -0.39 is 0 Å². The molecule has 0 saturated carbocycles. The monoisotopic (exact) mass is 298 g/mol. The maximum absolute atomic E-state index is 5.52. The highest BCUT2D eigenvalue weighted by Crippen LogP contribution is 2.25. The van der Waals surface area contributed by atoms with Gasteiger partial charge in [-0.2, -0.15) is 0 Å². The Hall–Kier alpha value is -0.820. The van der Waals surface area contributed by atoms with Crippen molar-refractivity contribution in [3.8, 4) is 0 Å². The normalized spacial score (nSPS) is 12.6. The molecule has 0 aliphatic carbocycles. The Balaban J connectivity index is 2.12. The van der Waals surface area contributed by atoms with E-state index in [4.69, 9.17) is 5.84 Å². The zero-order chi connectivity index (χ0) is 11.4. The summed E-state index contributed by atoms with van der Waals surface area (Å²) in [4.78, 5) is 9.62. The first kappa shape index (κ1) is 11.7. The molecule has 2 heterocycles. The zero-order valence-electron chi connectivity index (χ0n) is 8.43. The third kappa shape index (κ3) is 2.85. The van der Waals surface area contributed by atoms with Crippen LogP contribution >= 0.6 is 27.3 Å². The van der Waals surface area contributed by atoms with Gasteiger partial charge in [-0.15, -0.1) is 11.3 Å². The van der Waals surface area contributed by atoms with Crippen LogP contribution in [0.4, 0.5) is 0 Å². The first-order valence-corrected chi connectivity index (χ1v) is 6.38. The number of halogens is 1. The first-order chi connectivity index (χ1) is 7.79. The third-order valence-electron chi connectivity index (χ3n) is 2.13. The molecule has 4 nitrogen and oxygen atoms in total. The molecule has 2 aromatic rings. The van der Waals surface area contributed by atoms with Crippen LogP contribution in [-0.2, 0) is 6.42 Å². The molecule has 0 aromatic carbocycles. The van der Waals surface area contributed by atoms with Crippen molar-refractivity contribution in [1.29, 1.82) is 0 Å². The number of nitrogens with zero attached hydrogens (tertiary/aromatic N) is 2. The van der Waals surface area contributed by atoms with Crippen molar-refractivity contribution in [3.05, 3.63) is 45.1 Å². The van der Waals surface area contributed by atoms with Crippen LogP contribution in [0.2, 0.25) is 0 Å². The molecular formula is C10H11BrN4S. The van der Waals surface area contributed by atoms with Gasteiger partial charge in [-0.3, -0.25) is 5.84 Å². The maximum atomic E-state index is 5.52. The van der Waals surface area contributed by atoms with Crippen LogP contribution in [0.15, 0.2) is 34.4 Å². The molecule has 84 valence electrons. The third-order valence-corrected chi connectivity index (χ3v) is 3.78. The van der Waals surface area contributed by atoms with Gasteiger partial charge in [0.1, 0.15) is 5.82 Å². The van der Waals surface area contributed by atoms with Gasteiger partial charge in [0.15, 0.2) is 0 Å². The lowest BCUT2D eigenvalue weighted by molar-refractivity contribution is 0.526. The molecule has 0 amide bonds. The molecule has 0 radical (unpaired) electrons. The number of hydrogen-bond acceptors (Lipinski definition) is 5. The molecule has 0 saturated heterocycles. The summed E-state index contributed by atoms with van der Waals surface area (Å²) in [6, 6.07) is 5.84. The molecule has 0 aliphatic rings. The highest BCUT2D eigenvalue weighted by Gasteiger charge is 2.13. The molecule has 1 atom stereocenters. The van der Waals surface area contributed by atoms with E-state index in [0.29, 0.717) is 0 Å². The van der Waals surface area contributed by atoms with Crippen LogP contribution in [-0.4, -0.2) is 9.97 Å². The Kier molecular flexibility index (Phi) is 4.00. The summed E-state index contributed by atoms with van der Waals surface area (Å²) in [5.74, 6) is 6.24. The summed E-state index contributed by atoms with van der Waals surface area (Å²) in [7, 11) is 0. The number of thiophene rings is 1. The van der Waals surface area contributed by atoms with Gasteiger partial charge in [-0.1, -0.05) is 0 Å². The number of nitrogens with one attached hydrogen (secondary N) is 1. The predicted octanol–water partition coefficient (Wildman–Crippen LogP) is 2.05. The molecule has 0 aliphatic heterocycles. The maximum Gasteiger partial charge on any atom is 0.146 e. The minimum atomic E-state index is -0.0493. The summed E-state index contributed by atoms with van der Waals surface area (Å²) in [5, 5.41) is 0.